The molecule has 0 aliphatic heterocycles. The molecule has 0 fully saturated rings. The number of aliphatic hydroxyl groups excluding tert-OH is 4. The molecule has 0 bridgehead atoms. The van der Waals surface area contributed by atoms with Crippen molar-refractivity contribution in [3.63, 3.8) is 0 Å². The molecule has 0 spiro atoms. The number of rotatable bonds is 23. The van der Waals surface area contributed by atoms with Crippen LogP contribution in [0.15, 0.2) is 0 Å². The maximum Gasteiger partial charge on any atom is 0.508 e. The van der Waals surface area contributed by atoms with Gasteiger partial charge in [-0.2, -0.15) is 103 Å². The summed E-state index contributed by atoms with van der Waals surface area (Å²) < 4.78 is 283. The van der Waals surface area contributed by atoms with Crippen LogP contribution < -0.4 is 0 Å². The van der Waals surface area contributed by atoms with E-state index < -0.39 is 127 Å². The molecule has 0 atom stereocenters. The van der Waals surface area contributed by atoms with Crippen LogP contribution in [0.3, 0.4) is 0 Å². The molecular formula is C19H24F19N2O8P. The molecule has 0 saturated heterocycles. The molecule has 0 rings (SSSR count). The Labute approximate surface area is 260 Å². The molecule has 296 valence electrons. The minimum atomic E-state index is -9.10. The van der Waals surface area contributed by atoms with Crippen LogP contribution in [0.1, 0.15) is 6.42 Å². The van der Waals surface area contributed by atoms with Gasteiger partial charge in [-0.3, -0.25) is 4.52 Å². The van der Waals surface area contributed by atoms with E-state index in [0.29, 0.717) is 0 Å². The van der Waals surface area contributed by atoms with Gasteiger partial charge in [0.2, 0.25) is 0 Å². The summed E-state index contributed by atoms with van der Waals surface area (Å²) in [5.74, 6) is -68.3. The van der Waals surface area contributed by atoms with Crippen LogP contribution in [0, 0.1) is 0 Å². The van der Waals surface area contributed by atoms with Crippen molar-refractivity contribution in [2.75, 3.05) is 59.2 Å². The first-order valence-corrected chi connectivity index (χ1v) is 13.8. The van der Waals surface area contributed by atoms with Crippen LogP contribution in [-0.4, -0.2) is 143 Å². The Hall–Kier alpha value is -1.46. The number of nitrogens with zero attached hydrogens (tertiary/aromatic N) is 2. The largest absolute Gasteiger partial charge is 0.508 e. The third-order valence-electron chi connectivity index (χ3n) is 5.68. The van der Waals surface area contributed by atoms with Crippen LogP contribution >= 0.6 is 7.82 Å². The fourth-order valence-electron chi connectivity index (χ4n) is 3.01. The number of aliphatic hydroxyl groups is 4. The molecular weight excluding hydrogens is 776 g/mol. The van der Waals surface area contributed by atoms with Crippen molar-refractivity contribution in [3.8, 4) is 0 Å². The summed E-state index contributed by atoms with van der Waals surface area (Å²) in [6.07, 6.45) is -11.2. The Kier molecular flexibility index (Phi) is 15.6. The molecule has 10 nitrogen and oxygen atoms in total. The van der Waals surface area contributed by atoms with Crippen molar-refractivity contribution in [2.24, 2.45) is 0 Å². The van der Waals surface area contributed by atoms with Crippen LogP contribution in [0.2, 0.25) is 0 Å². The zero-order valence-corrected chi connectivity index (χ0v) is 24.4. The number of hydroxylamine groups is 4. The van der Waals surface area contributed by atoms with Crippen LogP contribution in [0.25, 0.3) is 0 Å². The maximum absolute atomic E-state index is 14.3. The minimum absolute atomic E-state index is 0.249. The van der Waals surface area contributed by atoms with E-state index in [9.17, 15) is 88.0 Å². The Morgan fingerprint density at radius 3 is 0.980 bits per heavy atom. The van der Waals surface area contributed by atoms with Crippen LogP contribution in [-0.2, 0) is 18.3 Å². The molecule has 0 heterocycles. The van der Waals surface area contributed by atoms with Crippen molar-refractivity contribution in [1.29, 1.82) is 0 Å². The topological polar surface area (TPSA) is 132 Å². The first-order valence-electron chi connectivity index (χ1n) is 12.4. The summed E-state index contributed by atoms with van der Waals surface area (Å²) in [5, 5.41) is 36.3. The summed E-state index contributed by atoms with van der Waals surface area (Å²) >= 11 is 0. The predicted molar refractivity (Wildman–Crippen MR) is 117 cm³/mol. The fourth-order valence-corrected chi connectivity index (χ4v) is 4.35. The molecule has 0 unspecified atom stereocenters. The highest BCUT2D eigenvalue weighted by Crippen LogP contribution is 2.65. The van der Waals surface area contributed by atoms with E-state index in [2.05, 4.69) is 13.8 Å². The smallest absolute Gasteiger partial charge is 0.395 e. The van der Waals surface area contributed by atoms with Gasteiger partial charge in [-0.1, -0.05) is 0 Å². The van der Waals surface area contributed by atoms with E-state index in [-0.39, 0.29) is 10.1 Å². The Morgan fingerprint density at radius 2 is 0.714 bits per heavy atom. The zero-order valence-electron chi connectivity index (χ0n) is 23.5. The first-order chi connectivity index (χ1) is 21.7. The molecule has 0 aliphatic rings. The van der Waals surface area contributed by atoms with E-state index >= 15 is 0 Å². The summed E-state index contributed by atoms with van der Waals surface area (Å²) in [7, 11) is -5.73. The predicted octanol–water partition coefficient (Wildman–Crippen LogP) is 4.58. The molecule has 49 heavy (non-hydrogen) atoms. The fraction of sp³-hybridized carbons (Fsp3) is 1.00. The highest BCUT2D eigenvalue weighted by molar-refractivity contribution is 7.48. The lowest BCUT2D eigenvalue weighted by Crippen LogP contribution is -2.75. The van der Waals surface area contributed by atoms with Gasteiger partial charge in [0.1, 0.15) is 0 Å². The highest BCUT2D eigenvalue weighted by Gasteiger charge is 2.96. The van der Waals surface area contributed by atoms with Crippen LogP contribution in [0.4, 0.5) is 83.4 Å². The van der Waals surface area contributed by atoms with Gasteiger partial charge in [-0.05, 0) is 0 Å². The van der Waals surface area contributed by atoms with Crippen molar-refractivity contribution >= 4 is 7.82 Å². The quantitative estimate of drug-likeness (QED) is 0.0662. The average molecular weight is 800 g/mol. The van der Waals surface area contributed by atoms with Gasteiger partial charge in [0.05, 0.1) is 33.0 Å². The molecule has 0 amide bonds. The third-order valence-corrected chi connectivity index (χ3v) is 7.04. The van der Waals surface area contributed by atoms with Gasteiger partial charge < -0.3 is 20.4 Å². The molecule has 4 N–H and O–H groups in total. The molecule has 0 aromatic heterocycles. The van der Waals surface area contributed by atoms with Crippen molar-refractivity contribution < 1.29 is 122 Å². The van der Waals surface area contributed by atoms with E-state index in [0.717, 1.165) is 0 Å². The Bertz CT molecular complexity index is 1060. The van der Waals surface area contributed by atoms with E-state index in [1.165, 1.54) is 0 Å². The van der Waals surface area contributed by atoms with Crippen molar-refractivity contribution in [3.05, 3.63) is 0 Å². The Balaban J connectivity index is 6.64. The molecule has 0 aliphatic carbocycles. The second-order valence-electron chi connectivity index (χ2n) is 9.17. The van der Waals surface area contributed by atoms with Gasteiger partial charge in [0.25, 0.3) is 0 Å². The van der Waals surface area contributed by atoms with Crippen LogP contribution in [0.5, 0.6) is 0 Å². The first kappa shape index (κ1) is 47.5. The SMILES string of the molecule is O=P(OCCC(F)(F)C(F)(F)C(F)(F)C(F)(F)C(F)(F)C(F)(F)C(F)(F)C(F)(F)C(F)(F)F)(ON(CCO)CCO)ON(CCO)CCO. The second kappa shape index (κ2) is 16.1. The summed E-state index contributed by atoms with van der Waals surface area (Å²) in [5.41, 5.74) is 0. The average Bonchev–Trinajstić information content (AvgIpc) is 2.92. The van der Waals surface area contributed by atoms with Crippen molar-refractivity contribution in [1.82, 2.24) is 10.1 Å². The van der Waals surface area contributed by atoms with Gasteiger partial charge >= 0.3 is 61.4 Å². The normalized spacial score (nSPS) is 15.5. The summed E-state index contributed by atoms with van der Waals surface area (Å²) in [6.45, 7) is -9.31. The standard InChI is InChI=1S/C19H24F19N2O8P/c20-11(21,1-10-46-49(45,47-39(2-6-41)3-7-42)48-40(4-8-43)5-9-44)12(22,23)13(24,25)14(26,27)15(28,29)16(30,31)17(32,33)18(34,35)19(36,37)38/h41-44H,1-10H2. The lowest BCUT2D eigenvalue weighted by Gasteiger charge is -2.43. The van der Waals surface area contributed by atoms with E-state index in [1.807, 2.05) is 0 Å². The molecule has 0 saturated carbocycles. The number of hydrogen-bond donors (Lipinski definition) is 4. The minimum Gasteiger partial charge on any atom is -0.395 e. The molecule has 30 heteroatoms. The van der Waals surface area contributed by atoms with E-state index in [1.54, 1.807) is 0 Å². The molecule has 0 radical (unpaired) electrons. The highest BCUT2D eigenvalue weighted by atomic mass is 31.2. The van der Waals surface area contributed by atoms with Crippen molar-refractivity contribution in [2.45, 2.75) is 60.0 Å². The maximum atomic E-state index is 14.3. The Morgan fingerprint density at radius 1 is 0.449 bits per heavy atom. The van der Waals surface area contributed by atoms with E-state index in [4.69, 9.17) is 20.4 Å². The second-order valence-corrected chi connectivity index (χ2v) is 10.6. The zero-order chi connectivity index (χ0) is 39.3. The molecule has 0 aromatic rings. The summed E-state index contributed by atoms with van der Waals surface area (Å²) in [4.78, 5) is 0. The third kappa shape index (κ3) is 9.13. The van der Waals surface area contributed by atoms with Gasteiger partial charge in [-0.25, -0.2) is 4.57 Å². The monoisotopic (exact) mass is 800 g/mol. The molecule has 0 aromatic carbocycles. The number of phosphoric acid groups is 1. The number of hydrogen-bond acceptors (Lipinski definition) is 10. The van der Waals surface area contributed by atoms with Gasteiger partial charge in [0, 0.05) is 32.6 Å². The van der Waals surface area contributed by atoms with Gasteiger partial charge in [-0.15, -0.1) is 0 Å². The number of alkyl halides is 19. The van der Waals surface area contributed by atoms with Gasteiger partial charge in [0.15, 0.2) is 0 Å². The lowest BCUT2D eigenvalue weighted by molar-refractivity contribution is -0.468. The number of halogens is 19. The lowest BCUT2D eigenvalue weighted by atomic mass is 9.87. The summed E-state index contributed by atoms with van der Waals surface area (Å²) in [6, 6.07) is 0.